The average molecular weight is 546 g/mol. The molecule has 8 heteroatoms. The Morgan fingerprint density at radius 1 is 1.19 bits per heavy atom. The van der Waals surface area contributed by atoms with Gasteiger partial charge in [-0.15, -0.1) is 24.0 Å². The molecule has 0 saturated carbocycles. The Labute approximate surface area is 204 Å². The van der Waals surface area contributed by atoms with Gasteiger partial charge in [-0.05, 0) is 44.2 Å². The minimum Gasteiger partial charge on any atom is -0.497 e. The zero-order valence-electron chi connectivity index (χ0n) is 19.1. The highest BCUT2D eigenvalue weighted by Gasteiger charge is 2.20. The molecule has 0 radical (unpaired) electrons. The first-order valence-corrected chi connectivity index (χ1v) is 11.4. The summed E-state index contributed by atoms with van der Waals surface area (Å²) in [6.45, 7) is 11.1. The van der Waals surface area contributed by atoms with Crippen molar-refractivity contribution in [3.63, 3.8) is 0 Å². The standard InChI is InChI=1S/C23H38N4O3.HI/c1-3-24-23(25-10-5-15-30-19-20-8-16-29-17-9-20)27-13-11-26(12-14-27)21-6-4-7-22(18-21)28-2;/h4,6-7,18,20H,3,5,8-17,19H2,1-2H3,(H,24,25);1H. The number of hydrogen-bond donors (Lipinski definition) is 1. The first-order valence-electron chi connectivity index (χ1n) is 11.4. The van der Waals surface area contributed by atoms with E-state index in [9.17, 15) is 0 Å². The zero-order valence-corrected chi connectivity index (χ0v) is 21.4. The van der Waals surface area contributed by atoms with Crippen LogP contribution in [0, 0.1) is 5.92 Å². The average Bonchev–Trinajstić information content (AvgIpc) is 2.81. The lowest BCUT2D eigenvalue weighted by atomic mass is 10.0. The van der Waals surface area contributed by atoms with E-state index in [1.54, 1.807) is 7.11 Å². The van der Waals surface area contributed by atoms with Crippen LogP contribution in [-0.2, 0) is 9.47 Å². The fourth-order valence-electron chi connectivity index (χ4n) is 3.92. The number of methoxy groups -OCH3 is 1. The fraction of sp³-hybridized carbons (Fsp3) is 0.696. The van der Waals surface area contributed by atoms with E-state index in [1.807, 2.05) is 6.07 Å². The van der Waals surface area contributed by atoms with Gasteiger partial charge in [0.25, 0.3) is 0 Å². The zero-order chi connectivity index (χ0) is 21.0. The number of nitrogens with zero attached hydrogens (tertiary/aromatic N) is 3. The van der Waals surface area contributed by atoms with Crippen molar-refractivity contribution in [1.82, 2.24) is 10.2 Å². The summed E-state index contributed by atoms with van der Waals surface area (Å²) >= 11 is 0. The Bertz CT molecular complexity index is 647. The van der Waals surface area contributed by atoms with E-state index in [2.05, 4.69) is 40.2 Å². The molecule has 2 aliphatic rings. The molecule has 2 aliphatic heterocycles. The van der Waals surface area contributed by atoms with Gasteiger partial charge in [-0.1, -0.05) is 6.07 Å². The number of halogens is 1. The van der Waals surface area contributed by atoms with Gasteiger partial charge >= 0.3 is 0 Å². The van der Waals surface area contributed by atoms with Crippen LogP contribution in [0.2, 0.25) is 0 Å². The summed E-state index contributed by atoms with van der Waals surface area (Å²) < 4.78 is 16.6. The van der Waals surface area contributed by atoms with E-state index < -0.39 is 0 Å². The van der Waals surface area contributed by atoms with Gasteiger partial charge in [0, 0.05) is 77.4 Å². The lowest BCUT2D eigenvalue weighted by Crippen LogP contribution is -2.52. The van der Waals surface area contributed by atoms with Crippen LogP contribution in [0.15, 0.2) is 29.3 Å². The molecular formula is C23H39IN4O3. The van der Waals surface area contributed by atoms with Crippen LogP contribution in [0.25, 0.3) is 0 Å². The molecule has 0 bridgehead atoms. The maximum absolute atomic E-state index is 5.87. The molecule has 1 N–H and O–H groups in total. The van der Waals surface area contributed by atoms with Gasteiger partial charge in [-0.3, -0.25) is 4.99 Å². The topological polar surface area (TPSA) is 58.6 Å². The number of benzene rings is 1. The Balaban J connectivity index is 0.00000341. The highest BCUT2D eigenvalue weighted by Crippen LogP contribution is 2.22. The van der Waals surface area contributed by atoms with E-state index in [4.69, 9.17) is 19.2 Å². The molecule has 7 nitrogen and oxygen atoms in total. The van der Waals surface area contributed by atoms with Gasteiger partial charge in [0.05, 0.1) is 7.11 Å². The Morgan fingerprint density at radius 2 is 1.97 bits per heavy atom. The quantitative estimate of drug-likeness (QED) is 0.222. The molecule has 2 heterocycles. The second-order valence-electron chi connectivity index (χ2n) is 7.90. The first kappa shape index (κ1) is 26.0. The number of aliphatic imine (C=N–C) groups is 1. The van der Waals surface area contributed by atoms with E-state index in [1.165, 1.54) is 5.69 Å². The highest BCUT2D eigenvalue weighted by atomic mass is 127. The molecule has 0 aromatic heterocycles. The van der Waals surface area contributed by atoms with Crippen LogP contribution in [0.1, 0.15) is 26.2 Å². The maximum atomic E-state index is 5.87. The van der Waals surface area contributed by atoms with Gasteiger partial charge in [-0.25, -0.2) is 0 Å². The van der Waals surface area contributed by atoms with Gasteiger partial charge in [0.15, 0.2) is 5.96 Å². The summed E-state index contributed by atoms with van der Waals surface area (Å²) in [5.41, 5.74) is 1.22. The van der Waals surface area contributed by atoms with Crippen LogP contribution >= 0.6 is 24.0 Å². The molecule has 176 valence electrons. The number of nitrogens with one attached hydrogen (secondary N) is 1. The normalized spacial score (nSPS) is 17.9. The van der Waals surface area contributed by atoms with Crippen molar-refractivity contribution in [2.75, 3.05) is 77.7 Å². The summed E-state index contributed by atoms with van der Waals surface area (Å²) in [7, 11) is 1.71. The van der Waals surface area contributed by atoms with Crippen molar-refractivity contribution in [1.29, 1.82) is 0 Å². The number of hydrogen-bond acceptors (Lipinski definition) is 5. The highest BCUT2D eigenvalue weighted by molar-refractivity contribution is 14.0. The molecule has 0 unspecified atom stereocenters. The lowest BCUT2D eigenvalue weighted by molar-refractivity contribution is 0.0205. The number of ether oxygens (including phenoxy) is 3. The molecular weight excluding hydrogens is 507 g/mol. The molecule has 0 atom stereocenters. The second-order valence-corrected chi connectivity index (χ2v) is 7.90. The van der Waals surface area contributed by atoms with Crippen LogP contribution in [0.4, 0.5) is 5.69 Å². The van der Waals surface area contributed by atoms with Crippen molar-refractivity contribution in [2.24, 2.45) is 10.9 Å². The van der Waals surface area contributed by atoms with Crippen molar-refractivity contribution in [3.8, 4) is 5.75 Å². The maximum Gasteiger partial charge on any atom is 0.194 e. The monoisotopic (exact) mass is 546 g/mol. The Morgan fingerprint density at radius 3 is 2.68 bits per heavy atom. The number of anilines is 1. The number of guanidine groups is 1. The minimum absolute atomic E-state index is 0. The largest absolute Gasteiger partial charge is 0.497 e. The van der Waals surface area contributed by atoms with Crippen LogP contribution in [-0.4, -0.2) is 83.7 Å². The third kappa shape index (κ3) is 8.65. The van der Waals surface area contributed by atoms with Crippen molar-refractivity contribution in [2.45, 2.75) is 26.2 Å². The predicted molar refractivity (Wildman–Crippen MR) is 137 cm³/mol. The summed E-state index contributed by atoms with van der Waals surface area (Å²) in [5, 5.41) is 3.45. The number of piperazine rings is 1. The van der Waals surface area contributed by atoms with Crippen LogP contribution < -0.4 is 15.0 Å². The molecule has 0 aliphatic carbocycles. The van der Waals surface area contributed by atoms with Crippen molar-refractivity contribution < 1.29 is 14.2 Å². The summed E-state index contributed by atoms with van der Waals surface area (Å²) in [5.74, 6) is 2.59. The molecule has 0 spiro atoms. The molecule has 31 heavy (non-hydrogen) atoms. The molecule has 3 rings (SSSR count). The molecule has 2 fully saturated rings. The SMILES string of the molecule is CCNC(=NCCCOCC1CCOCC1)N1CCN(c2cccc(OC)c2)CC1.I. The second kappa shape index (κ2) is 14.7. The van der Waals surface area contributed by atoms with E-state index in [-0.39, 0.29) is 24.0 Å². The third-order valence-electron chi connectivity index (χ3n) is 5.74. The first-order chi connectivity index (χ1) is 14.8. The van der Waals surface area contributed by atoms with E-state index in [0.29, 0.717) is 5.92 Å². The van der Waals surface area contributed by atoms with Crippen LogP contribution in [0.3, 0.4) is 0 Å². The fourth-order valence-corrected chi connectivity index (χ4v) is 3.92. The Kier molecular flexibility index (Phi) is 12.4. The molecule has 1 aromatic carbocycles. The van der Waals surface area contributed by atoms with Crippen molar-refractivity contribution in [3.05, 3.63) is 24.3 Å². The van der Waals surface area contributed by atoms with Gasteiger partial charge in [0.1, 0.15) is 5.75 Å². The predicted octanol–water partition coefficient (Wildman–Crippen LogP) is 3.23. The lowest BCUT2D eigenvalue weighted by Gasteiger charge is -2.37. The summed E-state index contributed by atoms with van der Waals surface area (Å²) in [4.78, 5) is 9.61. The smallest absolute Gasteiger partial charge is 0.194 e. The van der Waals surface area contributed by atoms with Gasteiger partial charge < -0.3 is 29.3 Å². The van der Waals surface area contributed by atoms with E-state index in [0.717, 1.165) is 96.7 Å². The van der Waals surface area contributed by atoms with Gasteiger partial charge in [-0.2, -0.15) is 0 Å². The molecule has 2 saturated heterocycles. The number of rotatable bonds is 9. The minimum atomic E-state index is 0. The summed E-state index contributed by atoms with van der Waals surface area (Å²) in [6, 6.07) is 8.30. The molecule has 1 aromatic rings. The van der Waals surface area contributed by atoms with Gasteiger partial charge in [0.2, 0.25) is 0 Å². The van der Waals surface area contributed by atoms with Crippen molar-refractivity contribution >= 4 is 35.6 Å². The molecule has 0 amide bonds. The van der Waals surface area contributed by atoms with Crippen LogP contribution in [0.5, 0.6) is 5.75 Å². The Hall–Kier alpha value is -1.26. The third-order valence-corrected chi connectivity index (χ3v) is 5.74. The van der Waals surface area contributed by atoms with E-state index >= 15 is 0 Å². The summed E-state index contributed by atoms with van der Waals surface area (Å²) in [6.07, 6.45) is 3.22.